The number of H-pyrrole nitrogens is 1. The number of para-hydroxylation sites is 1. The minimum Gasteiger partial charge on any atom is -0.465 e. The molecule has 222 valence electrons. The van der Waals surface area contributed by atoms with Gasteiger partial charge in [-0.3, -0.25) is 15.0 Å². The number of esters is 1. The summed E-state index contributed by atoms with van der Waals surface area (Å²) in [7, 11) is 0. The molecule has 0 saturated carbocycles. The van der Waals surface area contributed by atoms with E-state index in [0.717, 1.165) is 22.3 Å². The van der Waals surface area contributed by atoms with Gasteiger partial charge in [-0.15, -0.1) is 10.2 Å². The summed E-state index contributed by atoms with van der Waals surface area (Å²) < 4.78 is 13.4. The Kier molecular flexibility index (Phi) is 8.34. The lowest BCUT2D eigenvalue weighted by Crippen LogP contribution is -2.14. The lowest BCUT2D eigenvalue weighted by Gasteiger charge is -2.13. The fourth-order valence-electron chi connectivity index (χ4n) is 4.84. The van der Waals surface area contributed by atoms with E-state index in [2.05, 4.69) is 30.4 Å². The molecule has 4 aromatic carbocycles. The molecule has 3 N–H and O–H groups in total. The molecule has 0 saturated heterocycles. The number of hydrogen-bond donors (Lipinski definition) is 3. The van der Waals surface area contributed by atoms with Crippen molar-refractivity contribution in [3.05, 3.63) is 108 Å². The third-order valence-corrected chi connectivity index (χ3v) is 6.82. The van der Waals surface area contributed by atoms with Crippen molar-refractivity contribution in [2.45, 2.75) is 20.1 Å². The molecule has 2 heterocycles. The van der Waals surface area contributed by atoms with Crippen LogP contribution in [0.2, 0.25) is 0 Å². The number of aromatic amines is 1. The van der Waals surface area contributed by atoms with Crippen LogP contribution in [0.15, 0.2) is 91.0 Å². The van der Waals surface area contributed by atoms with Crippen molar-refractivity contribution in [1.29, 1.82) is 0 Å². The second-order valence-corrected chi connectivity index (χ2v) is 9.62. The molecule has 6 rings (SSSR count). The Balaban J connectivity index is 1.28. The molecular formula is C31H27N7O6. The van der Waals surface area contributed by atoms with E-state index in [1.54, 1.807) is 36.4 Å². The smallest absolute Gasteiger partial charge is 0.345 e. The van der Waals surface area contributed by atoms with Crippen molar-refractivity contribution in [2.75, 3.05) is 6.61 Å². The fourth-order valence-corrected chi connectivity index (χ4v) is 4.84. The molecule has 0 unspecified atom stereocenters. The SMILES string of the molecule is CCOc1nc2cccc(C(=O)Oc3ccc(CON(O)O)cc3)c2n1Cc1ccc(-c2ccccc2-c2nn[nH]n2)cc1. The number of carbonyl (C=O) groups excluding carboxylic acids is 1. The van der Waals surface area contributed by atoms with E-state index in [1.807, 2.05) is 66.1 Å². The number of fused-ring (bicyclic) bond motifs is 1. The van der Waals surface area contributed by atoms with E-state index in [0.29, 0.717) is 52.9 Å². The summed E-state index contributed by atoms with van der Waals surface area (Å²) in [6.45, 7) is 2.59. The summed E-state index contributed by atoms with van der Waals surface area (Å²) in [5.41, 5.74) is 5.94. The maximum atomic E-state index is 13.4. The van der Waals surface area contributed by atoms with Crippen LogP contribution in [0.5, 0.6) is 11.8 Å². The Labute approximate surface area is 250 Å². The van der Waals surface area contributed by atoms with Crippen LogP contribution in [-0.4, -0.2) is 58.6 Å². The molecule has 0 aliphatic carbocycles. The Bertz CT molecular complexity index is 1870. The van der Waals surface area contributed by atoms with E-state index >= 15 is 0 Å². The predicted octanol–water partition coefficient (Wildman–Crippen LogP) is 5.06. The average molecular weight is 594 g/mol. The summed E-state index contributed by atoms with van der Waals surface area (Å²) in [4.78, 5) is 22.7. The van der Waals surface area contributed by atoms with Crippen LogP contribution in [-0.2, 0) is 18.0 Å². The number of tetrazole rings is 1. The van der Waals surface area contributed by atoms with Gasteiger partial charge < -0.3 is 9.47 Å². The van der Waals surface area contributed by atoms with E-state index in [1.165, 1.54) is 0 Å². The van der Waals surface area contributed by atoms with Crippen molar-refractivity contribution in [3.8, 4) is 34.3 Å². The third kappa shape index (κ3) is 6.16. The van der Waals surface area contributed by atoms with Gasteiger partial charge >= 0.3 is 5.97 Å². The van der Waals surface area contributed by atoms with Crippen molar-refractivity contribution < 1.29 is 29.5 Å². The number of aromatic nitrogens is 6. The van der Waals surface area contributed by atoms with E-state index in [-0.39, 0.29) is 12.0 Å². The Morgan fingerprint density at radius 1 is 0.909 bits per heavy atom. The zero-order valence-corrected chi connectivity index (χ0v) is 23.5. The molecular weight excluding hydrogens is 566 g/mol. The van der Waals surface area contributed by atoms with Crippen molar-refractivity contribution in [2.24, 2.45) is 0 Å². The predicted molar refractivity (Wildman–Crippen MR) is 157 cm³/mol. The highest BCUT2D eigenvalue weighted by Crippen LogP contribution is 2.31. The number of nitrogens with one attached hydrogen (secondary N) is 1. The highest BCUT2D eigenvalue weighted by Gasteiger charge is 2.21. The lowest BCUT2D eigenvalue weighted by molar-refractivity contribution is -0.497. The highest BCUT2D eigenvalue weighted by atomic mass is 17.1. The molecule has 0 atom stereocenters. The summed E-state index contributed by atoms with van der Waals surface area (Å²) in [5.74, 6) is 0.266. The molecule has 0 bridgehead atoms. The average Bonchev–Trinajstić information content (AvgIpc) is 3.70. The number of rotatable bonds is 11. The van der Waals surface area contributed by atoms with Gasteiger partial charge in [0.05, 0.1) is 41.7 Å². The molecule has 0 amide bonds. The van der Waals surface area contributed by atoms with Gasteiger partial charge in [0.2, 0.25) is 5.82 Å². The lowest BCUT2D eigenvalue weighted by atomic mass is 9.98. The highest BCUT2D eigenvalue weighted by molar-refractivity contribution is 6.03. The van der Waals surface area contributed by atoms with Gasteiger partial charge in [0.1, 0.15) is 5.75 Å². The number of imidazole rings is 1. The quantitative estimate of drug-likeness (QED) is 0.105. The molecule has 44 heavy (non-hydrogen) atoms. The van der Waals surface area contributed by atoms with Crippen molar-refractivity contribution >= 4 is 17.0 Å². The van der Waals surface area contributed by atoms with Crippen LogP contribution >= 0.6 is 0 Å². The minimum absolute atomic E-state index is 0.0772. The second kappa shape index (κ2) is 12.8. The summed E-state index contributed by atoms with van der Waals surface area (Å²) >= 11 is 0. The first-order valence-electron chi connectivity index (χ1n) is 13.7. The van der Waals surface area contributed by atoms with Gasteiger partial charge in [-0.25, -0.2) is 9.63 Å². The maximum absolute atomic E-state index is 13.4. The van der Waals surface area contributed by atoms with Gasteiger partial charge in [0.15, 0.2) is 0 Å². The van der Waals surface area contributed by atoms with Crippen molar-refractivity contribution in [1.82, 2.24) is 35.6 Å². The normalized spacial score (nSPS) is 11.3. The largest absolute Gasteiger partial charge is 0.465 e. The first-order valence-corrected chi connectivity index (χ1v) is 13.7. The number of ether oxygens (including phenoxy) is 2. The summed E-state index contributed by atoms with van der Waals surface area (Å²) in [6.07, 6.45) is 0. The molecule has 0 aliphatic rings. The van der Waals surface area contributed by atoms with Gasteiger partial charge in [-0.05, 0) is 58.7 Å². The number of carbonyl (C=O) groups is 1. The van der Waals surface area contributed by atoms with Crippen LogP contribution in [0.1, 0.15) is 28.4 Å². The molecule has 0 spiro atoms. The zero-order valence-electron chi connectivity index (χ0n) is 23.5. The molecule has 6 aromatic rings. The molecule has 0 radical (unpaired) electrons. The first-order chi connectivity index (χ1) is 21.5. The van der Waals surface area contributed by atoms with E-state index in [4.69, 9.17) is 19.9 Å². The Morgan fingerprint density at radius 3 is 2.36 bits per heavy atom. The van der Waals surface area contributed by atoms with Crippen LogP contribution in [0.25, 0.3) is 33.5 Å². The third-order valence-electron chi connectivity index (χ3n) is 6.82. The molecule has 2 aromatic heterocycles. The first kappa shape index (κ1) is 28.6. The second-order valence-electron chi connectivity index (χ2n) is 9.62. The van der Waals surface area contributed by atoms with Gasteiger partial charge in [-0.1, -0.05) is 66.7 Å². The summed E-state index contributed by atoms with van der Waals surface area (Å²) in [6, 6.07) is 28.1. The van der Waals surface area contributed by atoms with Gasteiger partial charge in [-0.2, -0.15) is 10.2 Å². The van der Waals surface area contributed by atoms with Crippen molar-refractivity contribution in [3.63, 3.8) is 0 Å². The molecule has 13 heteroatoms. The molecule has 13 nitrogen and oxygen atoms in total. The Morgan fingerprint density at radius 2 is 1.66 bits per heavy atom. The molecule has 0 aliphatic heterocycles. The topological polar surface area (TPSA) is 161 Å². The van der Waals surface area contributed by atoms with Crippen LogP contribution in [0.4, 0.5) is 0 Å². The standard InChI is InChI=1S/C31H27N7O6/c1-2-42-31-32-27-9-5-8-26(30(39)44-23-16-12-21(13-17-23)19-43-38(40)41)28(27)37(31)18-20-10-14-22(15-11-20)24-6-3-4-7-25(24)29-33-35-36-34-29/h3-17,40-41H,2,18-19H2,1H3,(H,33,34,35,36). The molecule has 0 fully saturated rings. The maximum Gasteiger partial charge on any atom is 0.345 e. The number of hydrogen-bond acceptors (Lipinski definition) is 11. The van der Waals surface area contributed by atoms with E-state index in [9.17, 15) is 4.79 Å². The number of benzene rings is 4. The van der Waals surface area contributed by atoms with Gasteiger partial charge in [0, 0.05) is 5.56 Å². The van der Waals surface area contributed by atoms with Crippen LogP contribution < -0.4 is 9.47 Å². The monoisotopic (exact) mass is 593 g/mol. The summed E-state index contributed by atoms with van der Waals surface area (Å²) in [5, 5.41) is 31.5. The van der Waals surface area contributed by atoms with Crippen LogP contribution in [0, 0.1) is 0 Å². The fraction of sp³-hybridized carbons (Fsp3) is 0.129. The van der Waals surface area contributed by atoms with E-state index < -0.39 is 5.97 Å². The Hall–Kier alpha value is -5.47. The van der Waals surface area contributed by atoms with Crippen LogP contribution in [0.3, 0.4) is 0 Å². The minimum atomic E-state index is -0.561. The zero-order chi connectivity index (χ0) is 30.5. The van der Waals surface area contributed by atoms with Gasteiger partial charge in [0.25, 0.3) is 6.01 Å². The number of nitrogens with zero attached hydrogens (tertiary/aromatic N) is 6.